The van der Waals surface area contributed by atoms with E-state index in [0.717, 1.165) is 13.0 Å². The van der Waals surface area contributed by atoms with E-state index in [1.54, 1.807) is 0 Å². The first-order valence-electron chi connectivity index (χ1n) is 7.03. The van der Waals surface area contributed by atoms with Crippen LogP contribution in [-0.4, -0.2) is 31.1 Å². The second-order valence-electron chi connectivity index (χ2n) is 5.71. The van der Waals surface area contributed by atoms with Crippen molar-refractivity contribution in [3.8, 4) is 0 Å². The van der Waals surface area contributed by atoms with E-state index >= 15 is 0 Å². The first-order chi connectivity index (χ1) is 8.75. The fourth-order valence-corrected chi connectivity index (χ4v) is 3.38. The van der Waals surface area contributed by atoms with E-state index in [4.69, 9.17) is 5.73 Å². The third-order valence-corrected chi connectivity index (χ3v) is 4.53. The molecule has 1 aromatic rings. The van der Waals surface area contributed by atoms with Crippen molar-refractivity contribution in [2.75, 3.05) is 20.1 Å². The van der Waals surface area contributed by atoms with Gasteiger partial charge >= 0.3 is 0 Å². The standard InChI is InChI=1S/C15H23N3/c1-18-8-4-5-11(18)10-17-15-9-14(16)12-6-2-3-7-13(12)15/h2-3,6-7,11,14-15,17H,4-5,8-10,16H2,1H3. The van der Waals surface area contributed by atoms with E-state index in [0.29, 0.717) is 12.1 Å². The fourth-order valence-electron chi connectivity index (χ4n) is 3.38. The summed E-state index contributed by atoms with van der Waals surface area (Å²) in [5.41, 5.74) is 8.93. The zero-order valence-corrected chi connectivity index (χ0v) is 11.1. The first kappa shape index (κ1) is 12.2. The maximum atomic E-state index is 6.20. The quantitative estimate of drug-likeness (QED) is 0.853. The number of likely N-dealkylation sites (tertiary alicyclic amines) is 1. The Morgan fingerprint density at radius 2 is 2.11 bits per heavy atom. The number of fused-ring (bicyclic) bond motifs is 1. The van der Waals surface area contributed by atoms with Crippen LogP contribution in [0.2, 0.25) is 0 Å². The van der Waals surface area contributed by atoms with Crippen LogP contribution in [0, 0.1) is 0 Å². The molecule has 1 aromatic carbocycles. The Hall–Kier alpha value is -0.900. The van der Waals surface area contributed by atoms with Crippen LogP contribution in [0.15, 0.2) is 24.3 Å². The molecule has 1 fully saturated rings. The Bertz CT molecular complexity index is 418. The maximum Gasteiger partial charge on any atom is 0.0342 e. The number of hydrogen-bond donors (Lipinski definition) is 2. The molecule has 0 amide bonds. The van der Waals surface area contributed by atoms with Gasteiger partial charge in [-0.25, -0.2) is 0 Å². The molecule has 18 heavy (non-hydrogen) atoms. The molecule has 3 nitrogen and oxygen atoms in total. The molecular weight excluding hydrogens is 222 g/mol. The van der Waals surface area contributed by atoms with Crippen LogP contribution in [0.4, 0.5) is 0 Å². The van der Waals surface area contributed by atoms with Gasteiger partial charge in [-0.3, -0.25) is 0 Å². The Kier molecular flexibility index (Phi) is 3.37. The molecular formula is C15H23N3. The summed E-state index contributed by atoms with van der Waals surface area (Å²) in [5.74, 6) is 0. The monoisotopic (exact) mass is 245 g/mol. The van der Waals surface area contributed by atoms with Crippen molar-refractivity contribution in [3.05, 3.63) is 35.4 Å². The number of nitrogens with zero attached hydrogens (tertiary/aromatic N) is 1. The fraction of sp³-hybridized carbons (Fsp3) is 0.600. The van der Waals surface area contributed by atoms with Crippen LogP contribution in [0.3, 0.4) is 0 Å². The number of nitrogens with two attached hydrogens (primary N) is 1. The van der Waals surface area contributed by atoms with Crippen LogP contribution in [0.1, 0.15) is 42.5 Å². The number of hydrogen-bond acceptors (Lipinski definition) is 3. The lowest BCUT2D eigenvalue weighted by Gasteiger charge is -2.22. The highest BCUT2D eigenvalue weighted by Crippen LogP contribution is 2.36. The summed E-state index contributed by atoms with van der Waals surface area (Å²) < 4.78 is 0. The Morgan fingerprint density at radius 3 is 2.83 bits per heavy atom. The Labute approximate surface area is 109 Å². The minimum atomic E-state index is 0.208. The highest BCUT2D eigenvalue weighted by Gasteiger charge is 2.29. The number of rotatable bonds is 3. The zero-order valence-electron chi connectivity index (χ0n) is 11.1. The molecule has 3 unspecified atom stereocenters. The molecule has 1 aliphatic heterocycles. The molecule has 3 heteroatoms. The molecule has 0 bridgehead atoms. The summed E-state index contributed by atoms with van der Waals surface area (Å²) in [6, 6.07) is 9.96. The van der Waals surface area contributed by atoms with Crippen molar-refractivity contribution in [1.29, 1.82) is 0 Å². The van der Waals surface area contributed by atoms with E-state index in [9.17, 15) is 0 Å². The van der Waals surface area contributed by atoms with Crippen molar-refractivity contribution in [1.82, 2.24) is 10.2 Å². The number of likely N-dealkylation sites (N-methyl/N-ethyl adjacent to an activating group) is 1. The molecule has 1 saturated heterocycles. The minimum Gasteiger partial charge on any atom is -0.324 e. The predicted molar refractivity (Wildman–Crippen MR) is 74.4 cm³/mol. The zero-order chi connectivity index (χ0) is 12.5. The molecule has 0 saturated carbocycles. The molecule has 3 rings (SSSR count). The molecule has 0 aromatic heterocycles. The van der Waals surface area contributed by atoms with Crippen LogP contribution in [0.5, 0.6) is 0 Å². The van der Waals surface area contributed by atoms with Gasteiger partial charge in [0.05, 0.1) is 0 Å². The van der Waals surface area contributed by atoms with Gasteiger partial charge in [-0.15, -0.1) is 0 Å². The smallest absolute Gasteiger partial charge is 0.0342 e. The van der Waals surface area contributed by atoms with Gasteiger partial charge in [0.2, 0.25) is 0 Å². The van der Waals surface area contributed by atoms with Gasteiger partial charge in [0.1, 0.15) is 0 Å². The lowest BCUT2D eigenvalue weighted by Crippen LogP contribution is -2.36. The van der Waals surface area contributed by atoms with Crippen molar-refractivity contribution in [2.45, 2.75) is 37.4 Å². The Morgan fingerprint density at radius 1 is 1.33 bits per heavy atom. The van der Waals surface area contributed by atoms with Crippen molar-refractivity contribution < 1.29 is 0 Å². The van der Waals surface area contributed by atoms with Crippen molar-refractivity contribution >= 4 is 0 Å². The normalized spacial score (nSPS) is 31.8. The highest BCUT2D eigenvalue weighted by molar-refractivity contribution is 5.37. The van der Waals surface area contributed by atoms with Gasteiger partial charge in [0.25, 0.3) is 0 Å². The summed E-state index contributed by atoms with van der Waals surface area (Å²) in [6.45, 7) is 2.33. The van der Waals surface area contributed by atoms with Crippen molar-refractivity contribution in [2.24, 2.45) is 5.73 Å². The molecule has 0 radical (unpaired) electrons. The molecule has 0 spiro atoms. The number of benzene rings is 1. The van der Waals surface area contributed by atoms with Crippen LogP contribution in [-0.2, 0) is 0 Å². The summed E-state index contributed by atoms with van der Waals surface area (Å²) in [6.07, 6.45) is 3.70. The SMILES string of the molecule is CN1CCCC1CNC1CC(N)c2ccccc21. The van der Waals surface area contributed by atoms with E-state index in [-0.39, 0.29) is 6.04 Å². The van der Waals surface area contributed by atoms with E-state index < -0.39 is 0 Å². The second kappa shape index (κ2) is 5.00. The predicted octanol–water partition coefficient (Wildman–Crippen LogP) is 1.81. The largest absolute Gasteiger partial charge is 0.324 e. The van der Waals surface area contributed by atoms with Gasteiger partial charge < -0.3 is 16.0 Å². The van der Waals surface area contributed by atoms with E-state index in [2.05, 4.69) is 41.5 Å². The molecule has 1 heterocycles. The maximum absolute atomic E-state index is 6.20. The molecule has 3 atom stereocenters. The third kappa shape index (κ3) is 2.18. The number of nitrogens with one attached hydrogen (secondary N) is 1. The molecule has 98 valence electrons. The van der Waals surface area contributed by atoms with Gasteiger partial charge in [-0.05, 0) is 44.0 Å². The molecule has 1 aliphatic carbocycles. The lowest BCUT2D eigenvalue weighted by molar-refractivity contribution is 0.290. The van der Waals surface area contributed by atoms with E-state index in [1.165, 1.54) is 30.5 Å². The van der Waals surface area contributed by atoms with Gasteiger partial charge in [0.15, 0.2) is 0 Å². The van der Waals surface area contributed by atoms with Crippen LogP contribution < -0.4 is 11.1 Å². The van der Waals surface area contributed by atoms with Gasteiger partial charge in [-0.1, -0.05) is 24.3 Å². The summed E-state index contributed by atoms with van der Waals surface area (Å²) in [5, 5.41) is 3.72. The van der Waals surface area contributed by atoms with Crippen LogP contribution >= 0.6 is 0 Å². The summed E-state index contributed by atoms with van der Waals surface area (Å²) >= 11 is 0. The molecule has 3 N–H and O–H groups in total. The average Bonchev–Trinajstić information content (AvgIpc) is 2.92. The second-order valence-corrected chi connectivity index (χ2v) is 5.71. The van der Waals surface area contributed by atoms with E-state index in [1.807, 2.05) is 0 Å². The average molecular weight is 245 g/mol. The summed E-state index contributed by atoms with van der Waals surface area (Å²) in [4.78, 5) is 2.47. The van der Waals surface area contributed by atoms with Crippen molar-refractivity contribution in [3.63, 3.8) is 0 Å². The first-order valence-corrected chi connectivity index (χ1v) is 7.03. The third-order valence-electron chi connectivity index (χ3n) is 4.53. The van der Waals surface area contributed by atoms with Gasteiger partial charge in [-0.2, -0.15) is 0 Å². The summed E-state index contributed by atoms with van der Waals surface area (Å²) in [7, 11) is 2.23. The molecule has 2 aliphatic rings. The van der Waals surface area contributed by atoms with Gasteiger partial charge in [0, 0.05) is 24.7 Å². The lowest BCUT2D eigenvalue weighted by atomic mass is 10.1. The van der Waals surface area contributed by atoms with Crippen LogP contribution in [0.25, 0.3) is 0 Å². The topological polar surface area (TPSA) is 41.3 Å². The minimum absolute atomic E-state index is 0.208. The highest BCUT2D eigenvalue weighted by atomic mass is 15.2. The Balaban J connectivity index is 1.64.